The van der Waals surface area contributed by atoms with Crippen LogP contribution in [0.4, 0.5) is 0 Å². The van der Waals surface area contributed by atoms with E-state index < -0.39 is 10.0 Å². The average molecular weight is 312 g/mol. The van der Waals surface area contributed by atoms with Crippen molar-refractivity contribution < 1.29 is 13.2 Å². The van der Waals surface area contributed by atoms with Gasteiger partial charge in [0.2, 0.25) is 10.0 Å². The maximum absolute atomic E-state index is 12.6. The Bertz CT molecular complexity index is 570. The van der Waals surface area contributed by atoms with Gasteiger partial charge in [0, 0.05) is 25.2 Å². The number of rotatable bonds is 9. The molecule has 0 aliphatic heterocycles. The largest absolute Gasteiger partial charge is 0.494 e. The SMILES string of the molecule is C=CCN(CCC)S(=O)(=O)c1ccc(OCC)c(CN)c1. The molecule has 0 radical (unpaired) electrons. The van der Waals surface area contributed by atoms with Crippen LogP contribution >= 0.6 is 0 Å². The summed E-state index contributed by atoms with van der Waals surface area (Å²) in [7, 11) is -3.54. The molecule has 0 unspecified atom stereocenters. The minimum absolute atomic E-state index is 0.230. The number of hydrogen-bond acceptors (Lipinski definition) is 4. The Morgan fingerprint density at radius 2 is 2.10 bits per heavy atom. The quantitative estimate of drug-likeness (QED) is 0.709. The van der Waals surface area contributed by atoms with E-state index in [1.54, 1.807) is 24.3 Å². The maximum Gasteiger partial charge on any atom is 0.243 e. The molecule has 0 aliphatic rings. The number of nitrogens with two attached hydrogens (primary N) is 1. The van der Waals surface area contributed by atoms with Crippen LogP contribution in [-0.4, -0.2) is 32.4 Å². The monoisotopic (exact) mass is 312 g/mol. The van der Waals surface area contributed by atoms with Crippen LogP contribution in [0.5, 0.6) is 5.75 Å². The first kappa shape index (κ1) is 17.7. The lowest BCUT2D eigenvalue weighted by atomic mass is 10.2. The highest BCUT2D eigenvalue weighted by atomic mass is 32.2. The fraction of sp³-hybridized carbons (Fsp3) is 0.467. The summed E-state index contributed by atoms with van der Waals surface area (Å²) in [5, 5.41) is 0. The van der Waals surface area contributed by atoms with Crippen LogP contribution in [0, 0.1) is 0 Å². The van der Waals surface area contributed by atoms with Crippen molar-refractivity contribution in [3.63, 3.8) is 0 Å². The predicted molar refractivity (Wildman–Crippen MR) is 84.7 cm³/mol. The molecule has 1 aromatic carbocycles. The topological polar surface area (TPSA) is 72.6 Å². The molecule has 2 N–H and O–H groups in total. The second-order valence-corrected chi connectivity index (χ2v) is 6.50. The zero-order valence-electron chi connectivity index (χ0n) is 12.7. The fourth-order valence-corrected chi connectivity index (χ4v) is 3.58. The first-order chi connectivity index (χ1) is 10.0. The van der Waals surface area contributed by atoms with Gasteiger partial charge in [-0.05, 0) is 31.5 Å². The van der Waals surface area contributed by atoms with Gasteiger partial charge in [0.25, 0.3) is 0 Å². The average Bonchev–Trinajstić information content (AvgIpc) is 2.47. The normalized spacial score (nSPS) is 11.6. The van der Waals surface area contributed by atoms with E-state index in [9.17, 15) is 8.42 Å². The van der Waals surface area contributed by atoms with Crippen LogP contribution < -0.4 is 10.5 Å². The molecule has 118 valence electrons. The third-order valence-electron chi connectivity index (χ3n) is 3.00. The molecule has 1 aromatic rings. The molecule has 0 heterocycles. The minimum atomic E-state index is -3.54. The van der Waals surface area contributed by atoms with E-state index in [0.717, 1.165) is 6.42 Å². The second kappa shape index (κ2) is 8.17. The molecule has 0 aliphatic carbocycles. The van der Waals surface area contributed by atoms with Crippen molar-refractivity contribution in [3.05, 3.63) is 36.4 Å². The summed E-state index contributed by atoms with van der Waals surface area (Å²) in [6.07, 6.45) is 2.33. The first-order valence-corrected chi connectivity index (χ1v) is 8.52. The molecule has 0 amide bonds. The Balaban J connectivity index is 3.20. The van der Waals surface area contributed by atoms with Gasteiger partial charge in [-0.15, -0.1) is 6.58 Å². The molecule has 21 heavy (non-hydrogen) atoms. The number of benzene rings is 1. The summed E-state index contributed by atoms with van der Waals surface area (Å²) in [6.45, 7) is 8.92. The van der Waals surface area contributed by atoms with Crippen molar-refractivity contribution in [1.82, 2.24) is 4.31 Å². The number of hydrogen-bond donors (Lipinski definition) is 1. The Hall–Kier alpha value is -1.37. The lowest BCUT2D eigenvalue weighted by Gasteiger charge is -2.21. The zero-order chi connectivity index (χ0) is 15.9. The number of ether oxygens (including phenoxy) is 1. The van der Waals surface area contributed by atoms with Gasteiger partial charge < -0.3 is 10.5 Å². The van der Waals surface area contributed by atoms with Gasteiger partial charge in [0.05, 0.1) is 11.5 Å². The molecule has 0 saturated carbocycles. The van der Waals surface area contributed by atoms with Crippen molar-refractivity contribution >= 4 is 10.0 Å². The summed E-state index contributed by atoms with van der Waals surface area (Å²) >= 11 is 0. The Kier molecular flexibility index (Phi) is 6.87. The number of nitrogens with zero attached hydrogens (tertiary/aromatic N) is 1. The summed E-state index contributed by atoms with van der Waals surface area (Å²) in [6, 6.07) is 4.81. The predicted octanol–water partition coefficient (Wildman–Crippen LogP) is 2.13. The fourth-order valence-electron chi connectivity index (χ4n) is 2.02. The van der Waals surface area contributed by atoms with Crippen LogP contribution in [0.15, 0.2) is 35.7 Å². The van der Waals surface area contributed by atoms with Crippen molar-refractivity contribution in [1.29, 1.82) is 0 Å². The number of sulfonamides is 1. The van der Waals surface area contributed by atoms with E-state index in [1.165, 1.54) is 4.31 Å². The van der Waals surface area contributed by atoms with E-state index >= 15 is 0 Å². The molecular formula is C15H24N2O3S. The van der Waals surface area contributed by atoms with E-state index in [-0.39, 0.29) is 11.4 Å². The van der Waals surface area contributed by atoms with Gasteiger partial charge in [-0.25, -0.2) is 8.42 Å². The molecule has 5 nitrogen and oxygen atoms in total. The van der Waals surface area contributed by atoms with Gasteiger partial charge in [0.15, 0.2) is 0 Å². The van der Waals surface area contributed by atoms with Gasteiger partial charge in [0.1, 0.15) is 5.75 Å². The smallest absolute Gasteiger partial charge is 0.243 e. The lowest BCUT2D eigenvalue weighted by molar-refractivity contribution is 0.336. The van der Waals surface area contributed by atoms with Crippen LogP contribution in [-0.2, 0) is 16.6 Å². The third-order valence-corrected chi connectivity index (χ3v) is 4.86. The van der Waals surface area contributed by atoms with Crippen LogP contribution in [0.3, 0.4) is 0 Å². The van der Waals surface area contributed by atoms with Gasteiger partial charge >= 0.3 is 0 Å². The van der Waals surface area contributed by atoms with Crippen LogP contribution in [0.25, 0.3) is 0 Å². The highest BCUT2D eigenvalue weighted by molar-refractivity contribution is 7.89. The maximum atomic E-state index is 12.6. The van der Waals surface area contributed by atoms with Gasteiger partial charge in [-0.2, -0.15) is 4.31 Å². The molecule has 0 bridgehead atoms. The Morgan fingerprint density at radius 3 is 2.62 bits per heavy atom. The molecule has 0 atom stereocenters. The Morgan fingerprint density at radius 1 is 1.38 bits per heavy atom. The standard InChI is InChI=1S/C15H24N2O3S/c1-4-9-17(10-5-2)21(18,19)14-7-8-15(20-6-3)13(11-14)12-16/h4,7-8,11H,1,5-6,9-10,12,16H2,2-3H3. The Labute approximate surface area is 127 Å². The molecule has 0 aromatic heterocycles. The second-order valence-electron chi connectivity index (χ2n) is 4.56. The summed E-state index contributed by atoms with van der Waals surface area (Å²) in [5.74, 6) is 0.629. The van der Waals surface area contributed by atoms with Crippen LogP contribution in [0.1, 0.15) is 25.8 Å². The molecule has 6 heteroatoms. The van der Waals surface area contributed by atoms with E-state index in [0.29, 0.717) is 31.0 Å². The zero-order valence-corrected chi connectivity index (χ0v) is 13.5. The molecule has 1 rings (SSSR count). The van der Waals surface area contributed by atoms with Gasteiger partial charge in [-0.3, -0.25) is 0 Å². The minimum Gasteiger partial charge on any atom is -0.494 e. The molecule has 0 spiro atoms. The van der Waals surface area contributed by atoms with Crippen molar-refractivity contribution in [2.24, 2.45) is 5.73 Å². The molecule has 0 saturated heterocycles. The highest BCUT2D eigenvalue weighted by Gasteiger charge is 2.23. The van der Waals surface area contributed by atoms with E-state index in [2.05, 4.69) is 6.58 Å². The van der Waals surface area contributed by atoms with Crippen molar-refractivity contribution in [2.75, 3.05) is 19.7 Å². The van der Waals surface area contributed by atoms with Gasteiger partial charge in [-0.1, -0.05) is 13.0 Å². The summed E-state index contributed by atoms with van der Waals surface area (Å²) < 4.78 is 32.2. The third kappa shape index (κ3) is 4.30. The van der Waals surface area contributed by atoms with E-state index in [1.807, 2.05) is 13.8 Å². The first-order valence-electron chi connectivity index (χ1n) is 7.08. The highest BCUT2D eigenvalue weighted by Crippen LogP contribution is 2.24. The lowest BCUT2D eigenvalue weighted by Crippen LogP contribution is -2.32. The van der Waals surface area contributed by atoms with Crippen molar-refractivity contribution in [2.45, 2.75) is 31.7 Å². The molecule has 0 fully saturated rings. The van der Waals surface area contributed by atoms with Crippen molar-refractivity contribution in [3.8, 4) is 5.75 Å². The summed E-state index contributed by atoms with van der Waals surface area (Å²) in [5.41, 5.74) is 6.37. The van der Waals surface area contributed by atoms with Crippen LogP contribution in [0.2, 0.25) is 0 Å². The molecular weight excluding hydrogens is 288 g/mol. The van der Waals surface area contributed by atoms with E-state index in [4.69, 9.17) is 10.5 Å². The summed E-state index contributed by atoms with van der Waals surface area (Å²) in [4.78, 5) is 0.238.